The molecule has 4 nitrogen and oxygen atoms in total. The maximum Gasteiger partial charge on any atom is 0.256 e. The van der Waals surface area contributed by atoms with Gasteiger partial charge >= 0.3 is 0 Å². The summed E-state index contributed by atoms with van der Waals surface area (Å²) in [4.78, 5) is 12.0. The van der Waals surface area contributed by atoms with Crippen LogP contribution in [0.15, 0.2) is 24.3 Å². The van der Waals surface area contributed by atoms with Crippen molar-refractivity contribution in [1.82, 2.24) is 0 Å². The average molecular weight is 251 g/mol. The minimum Gasteiger partial charge on any atom is -0.389 e. The van der Waals surface area contributed by atoms with E-state index in [1.54, 1.807) is 38.1 Å². The van der Waals surface area contributed by atoms with Crippen molar-refractivity contribution < 1.29 is 14.6 Å². The minimum absolute atomic E-state index is 0.169. The van der Waals surface area contributed by atoms with E-state index in [4.69, 9.17) is 4.74 Å². The molecule has 1 amide bonds. The van der Waals surface area contributed by atoms with E-state index in [2.05, 4.69) is 5.32 Å². The standard InChI is InChI=1S/C14H21NO3/c1-5-14(3,18-4)13(17)15-12-8-6-11(7-9-12)10(2)16/h6-10,16H,5H2,1-4H3,(H,15,17). The Bertz CT molecular complexity index is 394. The molecule has 0 aliphatic heterocycles. The number of aliphatic hydroxyl groups excluding tert-OH is 1. The van der Waals surface area contributed by atoms with Crippen LogP contribution in [0, 0.1) is 0 Å². The third kappa shape index (κ3) is 3.31. The van der Waals surface area contributed by atoms with Crippen LogP contribution in [0.25, 0.3) is 0 Å². The smallest absolute Gasteiger partial charge is 0.256 e. The largest absolute Gasteiger partial charge is 0.389 e. The van der Waals surface area contributed by atoms with Crippen LogP contribution in [0.5, 0.6) is 0 Å². The van der Waals surface area contributed by atoms with Gasteiger partial charge < -0.3 is 15.2 Å². The van der Waals surface area contributed by atoms with Crippen LogP contribution < -0.4 is 5.32 Å². The normalized spacial score (nSPS) is 15.8. The van der Waals surface area contributed by atoms with Gasteiger partial charge in [-0.2, -0.15) is 0 Å². The molecule has 0 aromatic heterocycles. The number of benzene rings is 1. The number of hydrogen-bond donors (Lipinski definition) is 2. The Balaban J connectivity index is 2.76. The minimum atomic E-state index is -0.817. The molecule has 18 heavy (non-hydrogen) atoms. The van der Waals surface area contributed by atoms with Gasteiger partial charge in [-0.05, 0) is 38.0 Å². The molecule has 0 saturated heterocycles. The van der Waals surface area contributed by atoms with Gasteiger partial charge in [0.15, 0.2) is 0 Å². The van der Waals surface area contributed by atoms with Crippen LogP contribution in [-0.2, 0) is 9.53 Å². The fourth-order valence-electron chi connectivity index (χ4n) is 1.51. The second-order valence-corrected chi connectivity index (χ2v) is 4.54. The zero-order valence-electron chi connectivity index (χ0n) is 11.4. The molecule has 2 unspecified atom stereocenters. The van der Waals surface area contributed by atoms with Gasteiger partial charge in [0.05, 0.1) is 6.10 Å². The monoisotopic (exact) mass is 251 g/mol. The van der Waals surface area contributed by atoms with E-state index in [1.807, 2.05) is 6.92 Å². The predicted octanol–water partition coefficient (Wildman–Crippen LogP) is 2.49. The number of aliphatic hydroxyl groups is 1. The van der Waals surface area contributed by atoms with Gasteiger partial charge in [0, 0.05) is 12.8 Å². The van der Waals surface area contributed by atoms with E-state index in [9.17, 15) is 9.90 Å². The summed E-state index contributed by atoms with van der Waals surface area (Å²) in [6.07, 6.45) is 0.0933. The lowest BCUT2D eigenvalue weighted by atomic mass is 10.0. The third-order valence-corrected chi connectivity index (χ3v) is 3.26. The first kappa shape index (κ1) is 14.7. The maximum absolute atomic E-state index is 12.0. The van der Waals surface area contributed by atoms with Crippen molar-refractivity contribution in [3.63, 3.8) is 0 Å². The average Bonchev–Trinajstić information content (AvgIpc) is 2.38. The highest BCUT2D eigenvalue weighted by molar-refractivity contribution is 5.97. The SMILES string of the molecule is CCC(C)(OC)C(=O)Nc1ccc(C(C)O)cc1. The van der Waals surface area contributed by atoms with Gasteiger partial charge in [-0.15, -0.1) is 0 Å². The summed E-state index contributed by atoms with van der Waals surface area (Å²) in [6, 6.07) is 7.12. The zero-order valence-corrected chi connectivity index (χ0v) is 11.4. The Labute approximate surface area is 108 Å². The molecule has 1 rings (SSSR count). The van der Waals surface area contributed by atoms with Crippen molar-refractivity contribution in [3.8, 4) is 0 Å². The first-order valence-corrected chi connectivity index (χ1v) is 6.07. The molecule has 0 aliphatic rings. The van der Waals surface area contributed by atoms with Gasteiger partial charge in [0.2, 0.25) is 0 Å². The Kier molecular flexibility index (Phi) is 4.87. The second-order valence-electron chi connectivity index (χ2n) is 4.54. The highest BCUT2D eigenvalue weighted by Crippen LogP contribution is 2.19. The van der Waals surface area contributed by atoms with Gasteiger partial charge in [0.1, 0.15) is 5.60 Å². The summed E-state index contributed by atoms with van der Waals surface area (Å²) in [6.45, 7) is 5.36. The lowest BCUT2D eigenvalue weighted by Crippen LogP contribution is -2.41. The maximum atomic E-state index is 12.0. The third-order valence-electron chi connectivity index (χ3n) is 3.26. The summed E-state index contributed by atoms with van der Waals surface area (Å²) in [5, 5.41) is 12.2. The lowest BCUT2D eigenvalue weighted by molar-refractivity contribution is -0.136. The molecule has 0 spiro atoms. The van der Waals surface area contributed by atoms with Crippen LogP contribution in [0.2, 0.25) is 0 Å². The molecule has 0 saturated carbocycles. The highest BCUT2D eigenvalue weighted by atomic mass is 16.5. The molecule has 2 atom stereocenters. The van der Waals surface area contributed by atoms with Crippen molar-refractivity contribution >= 4 is 11.6 Å². The molecular formula is C14H21NO3. The van der Waals surface area contributed by atoms with Crippen molar-refractivity contribution in [2.24, 2.45) is 0 Å². The molecule has 4 heteroatoms. The van der Waals surface area contributed by atoms with Crippen molar-refractivity contribution in [2.45, 2.75) is 38.9 Å². The molecule has 0 aliphatic carbocycles. The summed E-state index contributed by atoms with van der Waals surface area (Å²) < 4.78 is 5.23. The summed E-state index contributed by atoms with van der Waals surface area (Å²) in [5.74, 6) is -0.169. The van der Waals surface area contributed by atoms with E-state index < -0.39 is 11.7 Å². The number of methoxy groups -OCH3 is 1. The predicted molar refractivity (Wildman–Crippen MR) is 71.4 cm³/mol. The fourth-order valence-corrected chi connectivity index (χ4v) is 1.51. The van der Waals surface area contributed by atoms with Crippen LogP contribution in [0.4, 0.5) is 5.69 Å². The first-order valence-electron chi connectivity index (χ1n) is 6.07. The second kappa shape index (κ2) is 5.98. The van der Waals surface area contributed by atoms with E-state index >= 15 is 0 Å². The number of rotatable bonds is 5. The molecule has 0 bridgehead atoms. The van der Waals surface area contributed by atoms with Crippen molar-refractivity contribution in [3.05, 3.63) is 29.8 Å². The summed E-state index contributed by atoms with van der Waals surface area (Å²) in [5.41, 5.74) is 0.697. The Hall–Kier alpha value is -1.39. The Morgan fingerprint density at radius 1 is 1.44 bits per heavy atom. The molecule has 1 aromatic rings. The topological polar surface area (TPSA) is 58.6 Å². The van der Waals surface area contributed by atoms with Gasteiger partial charge in [-0.25, -0.2) is 0 Å². The molecule has 100 valence electrons. The van der Waals surface area contributed by atoms with E-state index in [0.717, 1.165) is 5.56 Å². The number of anilines is 1. The quantitative estimate of drug-likeness (QED) is 0.845. The molecule has 2 N–H and O–H groups in total. The van der Waals surface area contributed by atoms with Crippen LogP contribution in [0.3, 0.4) is 0 Å². The van der Waals surface area contributed by atoms with E-state index in [-0.39, 0.29) is 5.91 Å². The van der Waals surface area contributed by atoms with Gasteiger partial charge in [-0.1, -0.05) is 19.1 Å². The Morgan fingerprint density at radius 2 is 2.00 bits per heavy atom. The molecule has 1 aromatic carbocycles. The van der Waals surface area contributed by atoms with Gasteiger partial charge in [-0.3, -0.25) is 4.79 Å². The number of ether oxygens (including phenoxy) is 1. The highest BCUT2D eigenvalue weighted by Gasteiger charge is 2.30. The van der Waals surface area contributed by atoms with Crippen molar-refractivity contribution in [2.75, 3.05) is 12.4 Å². The molecule has 0 heterocycles. The number of nitrogens with one attached hydrogen (secondary N) is 1. The summed E-state index contributed by atoms with van der Waals surface area (Å²) >= 11 is 0. The molecule has 0 radical (unpaired) electrons. The number of amides is 1. The van der Waals surface area contributed by atoms with Crippen LogP contribution >= 0.6 is 0 Å². The van der Waals surface area contributed by atoms with E-state index in [1.165, 1.54) is 7.11 Å². The van der Waals surface area contributed by atoms with Crippen LogP contribution in [0.1, 0.15) is 38.9 Å². The Morgan fingerprint density at radius 3 is 2.39 bits per heavy atom. The molecule has 0 fully saturated rings. The zero-order chi connectivity index (χ0) is 13.8. The lowest BCUT2D eigenvalue weighted by Gasteiger charge is -2.25. The van der Waals surface area contributed by atoms with Crippen LogP contribution in [-0.4, -0.2) is 23.7 Å². The van der Waals surface area contributed by atoms with E-state index in [0.29, 0.717) is 12.1 Å². The van der Waals surface area contributed by atoms with Gasteiger partial charge in [0.25, 0.3) is 5.91 Å². The fraction of sp³-hybridized carbons (Fsp3) is 0.500. The summed E-state index contributed by atoms with van der Waals surface area (Å²) in [7, 11) is 1.53. The first-order chi connectivity index (χ1) is 8.42. The number of carbonyl (C=O) groups is 1. The number of hydrogen-bond acceptors (Lipinski definition) is 3. The number of carbonyl (C=O) groups excluding carboxylic acids is 1. The molecular weight excluding hydrogens is 230 g/mol. The van der Waals surface area contributed by atoms with Crippen molar-refractivity contribution in [1.29, 1.82) is 0 Å².